The maximum atomic E-state index is 12.7. The first-order valence-corrected chi connectivity index (χ1v) is 11.2. The Morgan fingerprint density at radius 2 is 1.88 bits per heavy atom. The third-order valence-electron chi connectivity index (χ3n) is 5.79. The number of benzene rings is 2. The molecule has 3 N–H and O–H groups in total. The van der Waals surface area contributed by atoms with Gasteiger partial charge < -0.3 is 19.9 Å². The summed E-state index contributed by atoms with van der Waals surface area (Å²) in [5.41, 5.74) is 2.01. The number of aliphatic hydroxyl groups is 1. The number of nitrogens with zero attached hydrogens (tertiary/aromatic N) is 3. The van der Waals surface area contributed by atoms with Crippen molar-refractivity contribution in [1.82, 2.24) is 19.7 Å². The number of H-pyrrole nitrogens is 1. The van der Waals surface area contributed by atoms with Crippen molar-refractivity contribution in [2.75, 3.05) is 19.5 Å². The number of rotatable bonds is 10. The number of aromatic amines is 1. The predicted octanol–water partition coefficient (Wildman–Crippen LogP) is 3.83. The highest BCUT2D eigenvalue weighted by molar-refractivity contribution is 5.75. The van der Waals surface area contributed by atoms with E-state index in [9.17, 15) is 9.90 Å². The van der Waals surface area contributed by atoms with E-state index in [1.54, 1.807) is 44.0 Å². The van der Waals surface area contributed by atoms with Gasteiger partial charge in [0.05, 0.1) is 32.6 Å². The lowest BCUT2D eigenvalue weighted by Crippen LogP contribution is -2.23. The molecule has 34 heavy (non-hydrogen) atoms. The molecule has 9 nitrogen and oxygen atoms in total. The van der Waals surface area contributed by atoms with Crippen LogP contribution < -0.4 is 20.3 Å². The van der Waals surface area contributed by atoms with Crippen molar-refractivity contribution < 1.29 is 14.6 Å². The van der Waals surface area contributed by atoms with Gasteiger partial charge in [-0.2, -0.15) is 10.1 Å². The topological polar surface area (TPSA) is 114 Å². The van der Waals surface area contributed by atoms with E-state index in [-0.39, 0.29) is 17.5 Å². The van der Waals surface area contributed by atoms with Crippen molar-refractivity contribution in [1.29, 1.82) is 0 Å². The third-order valence-corrected chi connectivity index (χ3v) is 5.79. The molecule has 0 saturated heterocycles. The molecule has 4 aromatic rings. The smallest absolute Gasteiger partial charge is 0.263 e. The molecule has 2 atom stereocenters. The summed E-state index contributed by atoms with van der Waals surface area (Å²) in [7, 11) is 3.12. The first kappa shape index (κ1) is 23.3. The molecule has 2 aromatic heterocycles. The summed E-state index contributed by atoms with van der Waals surface area (Å²) in [4.78, 5) is 20.1. The highest BCUT2D eigenvalue weighted by Gasteiger charge is 2.22. The molecule has 0 fully saturated rings. The van der Waals surface area contributed by atoms with Gasteiger partial charge in [-0.25, -0.2) is 4.68 Å². The molecule has 0 spiro atoms. The molecular weight excluding hydrogens is 434 g/mol. The van der Waals surface area contributed by atoms with E-state index in [0.29, 0.717) is 34.6 Å². The number of methoxy groups -OCH3 is 2. The largest absolute Gasteiger partial charge is 0.493 e. The molecular formula is C25H29N5O4. The SMILES string of the molecule is COc1ccc(Nc2nc3c(cnn3C(CCCc3ccccc3)C(C)O)c(=O)[nH]2)cc1OC. The number of ether oxygens (including phenoxy) is 2. The second-order valence-corrected chi connectivity index (χ2v) is 8.12. The zero-order valence-corrected chi connectivity index (χ0v) is 19.5. The fraction of sp³-hybridized carbons (Fsp3) is 0.320. The van der Waals surface area contributed by atoms with Crippen LogP contribution in [0, 0.1) is 0 Å². The number of aliphatic hydroxyl groups excluding tert-OH is 1. The Hall–Kier alpha value is -3.85. The fourth-order valence-electron chi connectivity index (χ4n) is 4.02. The minimum atomic E-state index is -0.665. The molecule has 0 aliphatic rings. The van der Waals surface area contributed by atoms with Crippen LogP contribution in [-0.2, 0) is 6.42 Å². The van der Waals surface area contributed by atoms with Crippen molar-refractivity contribution in [3.63, 3.8) is 0 Å². The van der Waals surface area contributed by atoms with Crippen LogP contribution in [0.1, 0.15) is 31.4 Å². The van der Waals surface area contributed by atoms with E-state index >= 15 is 0 Å². The minimum absolute atomic E-state index is 0.264. The van der Waals surface area contributed by atoms with E-state index in [2.05, 4.69) is 32.5 Å². The summed E-state index contributed by atoms with van der Waals surface area (Å²) in [6.07, 6.45) is 3.27. The van der Waals surface area contributed by atoms with Crippen LogP contribution in [0.5, 0.6) is 11.5 Å². The average molecular weight is 464 g/mol. The van der Waals surface area contributed by atoms with E-state index < -0.39 is 6.10 Å². The van der Waals surface area contributed by atoms with Gasteiger partial charge in [0.25, 0.3) is 5.56 Å². The van der Waals surface area contributed by atoms with Gasteiger partial charge >= 0.3 is 0 Å². The number of aryl methyl sites for hydroxylation is 1. The summed E-state index contributed by atoms with van der Waals surface area (Å²) in [6.45, 7) is 1.73. The Kier molecular flexibility index (Phi) is 7.12. The molecule has 0 bridgehead atoms. The van der Waals surface area contributed by atoms with Crippen LogP contribution in [0.15, 0.2) is 59.5 Å². The molecule has 178 valence electrons. The molecule has 0 aliphatic carbocycles. The van der Waals surface area contributed by atoms with Crippen LogP contribution in [0.25, 0.3) is 11.0 Å². The quantitative estimate of drug-likeness (QED) is 0.327. The van der Waals surface area contributed by atoms with E-state index in [1.165, 1.54) is 11.8 Å². The van der Waals surface area contributed by atoms with Crippen molar-refractivity contribution in [2.45, 2.75) is 38.3 Å². The monoisotopic (exact) mass is 463 g/mol. The molecule has 4 rings (SSSR count). The van der Waals surface area contributed by atoms with Gasteiger partial charge in [-0.3, -0.25) is 9.78 Å². The van der Waals surface area contributed by atoms with Gasteiger partial charge in [0.2, 0.25) is 5.95 Å². The lowest BCUT2D eigenvalue weighted by atomic mass is 10.0. The number of nitrogens with one attached hydrogen (secondary N) is 2. The fourth-order valence-corrected chi connectivity index (χ4v) is 4.02. The Bertz CT molecular complexity index is 1300. The number of anilines is 2. The molecule has 0 aliphatic heterocycles. The second kappa shape index (κ2) is 10.4. The molecule has 0 amide bonds. The lowest BCUT2D eigenvalue weighted by Gasteiger charge is -2.21. The van der Waals surface area contributed by atoms with Crippen molar-refractivity contribution in [3.05, 3.63) is 70.6 Å². The molecule has 2 aromatic carbocycles. The highest BCUT2D eigenvalue weighted by Crippen LogP contribution is 2.31. The lowest BCUT2D eigenvalue weighted by molar-refractivity contribution is 0.118. The number of hydrogen-bond donors (Lipinski definition) is 3. The zero-order chi connectivity index (χ0) is 24.1. The van der Waals surface area contributed by atoms with E-state index in [0.717, 1.165) is 12.8 Å². The van der Waals surface area contributed by atoms with Crippen LogP contribution >= 0.6 is 0 Å². The first-order valence-electron chi connectivity index (χ1n) is 11.2. The van der Waals surface area contributed by atoms with Gasteiger partial charge in [-0.05, 0) is 43.9 Å². The Balaban J connectivity index is 1.60. The van der Waals surface area contributed by atoms with E-state index in [4.69, 9.17) is 9.47 Å². The zero-order valence-electron chi connectivity index (χ0n) is 19.5. The summed E-state index contributed by atoms with van der Waals surface area (Å²) >= 11 is 0. The number of hydrogen-bond acceptors (Lipinski definition) is 7. The summed E-state index contributed by atoms with van der Waals surface area (Å²) in [5.74, 6) is 1.41. The van der Waals surface area contributed by atoms with E-state index in [1.807, 2.05) is 18.2 Å². The van der Waals surface area contributed by atoms with Crippen LogP contribution in [0.2, 0.25) is 0 Å². The summed E-state index contributed by atoms with van der Waals surface area (Å²) in [6, 6.07) is 15.2. The normalized spacial score (nSPS) is 12.9. The predicted molar refractivity (Wildman–Crippen MR) is 131 cm³/mol. The third kappa shape index (κ3) is 5.04. The maximum absolute atomic E-state index is 12.7. The van der Waals surface area contributed by atoms with Gasteiger partial charge in [-0.1, -0.05) is 30.3 Å². The summed E-state index contributed by atoms with van der Waals surface area (Å²) in [5, 5.41) is 18.4. The molecule has 0 saturated carbocycles. The van der Waals surface area contributed by atoms with Gasteiger partial charge in [0.15, 0.2) is 17.1 Å². The Morgan fingerprint density at radius 1 is 1.12 bits per heavy atom. The number of aromatic nitrogens is 4. The summed E-state index contributed by atoms with van der Waals surface area (Å²) < 4.78 is 12.3. The van der Waals surface area contributed by atoms with Gasteiger partial charge in [0.1, 0.15) is 5.39 Å². The standard InChI is InChI=1S/C25H29N5O4/c1-16(31)20(11-7-10-17-8-5-4-6-9-17)30-23-19(15-26-30)24(32)29-25(28-23)27-18-12-13-21(33-2)22(14-18)34-3/h4-6,8-9,12-16,20,31H,7,10-11H2,1-3H3,(H2,27,28,29,32). The van der Waals surface area contributed by atoms with Crippen LogP contribution in [-0.4, -0.2) is 45.2 Å². The van der Waals surface area contributed by atoms with Crippen LogP contribution in [0.3, 0.4) is 0 Å². The molecule has 2 heterocycles. The highest BCUT2D eigenvalue weighted by atomic mass is 16.5. The second-order valence-electron chi connectivity index (χ2n) is 8.12. The first-order chi connectivity index (χ1) is 16.5. The van der Waals surface area contributed by atoms with Crippen molar-refractivity contribution in [3.8, 4) is 11.5 Å². The maximum Gasteiger partial charge on any atom is 0.263 e. The average Bonchev–Trinajstić information content (AvgIpc) is 3.26. The Morgan fingerprint density at radius 3 is 2.59 bits per heavy atom. The molecule has 2 unspecified atom stereocenters. The number of fused-ring (bicyclic) bond motifs is 1. The van der Waals surface area contributed by atoms with Gasteiger partial charge in [-0.15, -0.1) is 0 Å². The van der Waals surface area contributed by atoms with Gasteiger partial charge in [0, 0.05) is 11.8 Å². The Labute approximate surface area is 197 Å². The van der Waals surface area contributed by atoms with Crippen molar-refractivity contribution >= 4 is 22.7 Å². The molecule has 9 heteroatoms. The molecule has 0 radical (unpaired) electrons. The van der Waals surface area contributed by atoms with Crippen molar-refractivity contribution in [2.24, 2.45) is 0 Å². The van der Waals surface area contributed by atoms with Crippen LogP contribution in [0.4, 0.5) is 11.6 Å². The minimum Gasteiger partial charge on any atom is -0.493 e.